The second-order valence-electron chi connectivity index (χ2n) is 8.01. The molecule has 3 aromatic rings. The molecule has 30 heavy (non-hydrogen) atoms. The number of hydrogen-bond donors (Lipinski definition) is 0. The van der Waals surface area contributed by atoms with Crippen molar-refractivity contribution in [2.24, 2.45) is 0 Å². The lowest BCUT2D eigenvalue weighted by molar-refractivity contribution is -0.00000591. The highest BCUT2D eigenvalue weighted by Gasteiger charge is 2.35. The average molecular weight is 467 g/mol. The molecular weight excluding hydrogens is 430 g/mol. The van der Waals surface area contributed by atoms with E-state index in [1.807, 2.05) is 0 Å². The number of unbranched alkanes of at least 4 members (excludes halogenated alkanes) is 7. The van der Waals surface area contributed by atoms with Gasteiger partial charge in [-0.1, -0.05) is 100 Å². The molecule has 0 spiro atoms. The summed E-state index contributed by atoms with van der Waals surface area (Å²) in [5.41, 5.74) is 4.02. The third-order valence-corrected chi connectivity index (χ3v) is 5.94. The van der Waals surface area contributed by atoms with Crippen molar-refractivity contribution >= 4 is 17.1 Å². The van der Waals surface area contributed by atoms with Gasteiger partial charge < -0.3 is 17.0 Å². The van der Waals surface area contributed by atoms with Crippen LogP contribution >= 0.6 is 0 Å². The molecular formula is C28H36BrN. The molecule has 3 rings (SSSR count). The van der Waals surface area contributed by atoms with Gasteiger partial charge in [0.05, 0.1) is 6.54 Å². The van der Waals surface area contributed by atoms with Crippen LogP contribution in [0.1, 0.15) is 58.3 Å². The highest BCUT2D eigenvalue weighted by Crippen LogP contribution is 2.43. The molecule has 0 amide bonds. The Morgan fingerprint density at radius 3 is 1.17 bits per heavy atom. The highest BCUT2D eigenvalue weighted by molar-refractivity contribution is 5.70. The van der Waals surface area contributed by atoms with Crippen LogP contribution in [0.15, 0.2) is 91.0 Å². The molecule has 0 saturated heterocycles. The van der Waals surface area contributed by atoms with E-state index in [-0.39, 0.29) is 17.0 Å². The van der Waals surface area contributed by atoms with Gasteiger partial charge in [-0.3, -0.25) is 0 Å². The van der Waals surface area contributed by atoms with Gasteiger partial charge in [0.15, 0.2) is 0 Å². The van der Waals surface area contributed by atoms with E-state index in [1.54, 1.807) is 0 Å². The van der Waals surface area contributed by atoms with E-state index in [0.29, 0.717) is 0 Å². The molecule has 0 bridgehead atoms. The van der Waals surface area contributed by atoms with Crippen molar-refractivity contribution in [3.8, 4) is 0 Å². The van der Waals surface area contributed by atoms with E-state index in [1.165, 1.54) is 68.4 Å². The second-order valence-corrected chi connectivity index (χ2v) is 8.01. The molecule has 0 aliphatic rings. The van der Waals surface area contributed by atoms with E-state index in [4.69, 9.17) is 0 Å². The average Bonchev–Trinajstić information content (AvgIpc) is 2.80. The van der Waals surface area contributed by atoms with Crippen molar-refractivity contribution < 1.29 is 17.0 Å². The largest absolute Gasteiger partial charge is 1.00 e. The predicted octanol–water partition coefficient (Wildman–Crippen LogP) is 5.80. The van der Waals surface area contributed by atoms with Gasteiger partial charge in [-0.05, 0) is 49.2 Å². The van der Waals surface area contributed by atoms with Crippen molar-refractivity contribution in [3.63, 3.8) is 0 Å². The van der Waals surface area contributed by atoms with Gasteiger partial charge in [-0.2, -0.15) is 0 Å². The van der Waals surface area contributed by atoms with Gasteiger partial charge in [-0.15, -0.1) is 0 Å². The topological polar surface area (TPSA) is 0 Å². The van der Waals surface area contributed by atoms with Gasteiger partial charge >= 0.3 is 0 Å². The first kappa shape index (κ1) is 24.4. The third kappa shape index (κ3) is 6.30. The lowest BCUT2D eigenvalue weighted by Crippen LogP contribution is -3.00. The number of hydrogen-bond acceptors (Lipinski definition) is 0. The third-order valence-electron chi connectivity index (χ3n) is 5.94. The fraction of sp³-hybridized carbons (Fsp3) is 0.357. The Morgan fingerprint density at radius 2 is 0.800 bits per heavy atom. The molecule has 0 fully saturated rings. The van der Waals surface area contributed by atoms with Crippen LogP contribution in [0.4, 0.5) is 17.1 Å². The molecule has 0 aliphatic heterocycles. The van der Waals surface area contributed by atoms with Crippen LogP contribution in [0, 0.1) is 0 Å². The van der Waals surface area contributed by atoms with Crippen molar-refractivity contribution in [3.05, 3.63) is 91.0 Å². The van der Waals surface area contributed by atoms with Crippen molar-refractivity contribution in [2.75, 3.05) is 6.54 Å². The van der Waals surface area contributed by atoms with Gasteiger partial charge in [0.2, 0.25) is 0 Å². The zero-order valence-corrected chi connectivity index (χ0v) is 19.9. The summed E-state index contributed by atoms with van der Waals surface area (Å²) in [5.74, 6) is 0. The predicted molar refractivity (Wildman–Crippen MR) is 128 cm³/mol. The molecule has 0 heterocycles. The van der Waals surface area contributed by atoms with Crippen molar-refractivity contribution in [2.45, 2.75) is 58.3 Å². The molecule has 3 aromatic carbocycles. The van der Waals surface area contributed by atoms with Crippen LogP contribution < -0.4 is 21.5 Å². The van der Waals surface area contributed by atoms with Crippen LogP contribution in [-0.2, 0) is 0 Å². The van der Waals surface area contributed by atoms with E-state index in [9.17, 15) is 0 Å². The van der Waals surface area contributed by atoms with Crippen molar-refractivity contribution in [1.82, 2.24) is 4.48 Å². The highest BCUT2D eigenvalue weighted by atomic mass is 79.9. The molecule has 0 radical (unpaired) electrons. The first-order valence-corrected chi connectivity index (χ1v) is 11.4. The van der Waals surface area contributed by atoms with Crippen LogP contribution in [-0.4, -0.2) is 6.54 Å². The Bertz CT molecular complexity index is 705. The van der Waals surface area contributed by atoms with E-state index in [0.717, 1.165) is 11.0 Å². The summed E-state index contributed by atoms with van der Waals surface area (Å²) >= 11 is 0. The Kier molecular flexibility index (Phi) is 10.9. The molecule has 0 saturated carbocycles. The SMILES string of the molecule is CCCCCCCCCC[N+](c1ccccc1)(c1ccccc1)c1ccccc1.[Br-]. The number of halogens is 1. The summed E-state index contributed by atoms with van der Waals surface area (Å²) in [4.78, 5) is 0. The number of quaternary nitrogens is 1. The van der Waals surface area contributed by atoms with Crippen LogP contribution in [0.2, 0.25) is 0 Å². The molecule has 0 aromatic heterocycles. The van der Waals surface area contributed by atoms with E-state index in [2.05, 4.69) is 97.9 Å². The molecule has 0 aliphatic carbocycles. The molecule has 1 nitrogen and oxygen atoms in total. The maximum Gasteiger partial charge on any atom is 0.143 e. The standard InChI is InChI=1S/C28H36N.BrH/c1-2-3-4-5-6-7-8-18-25-29(26-19-12-9-13-20-26,27-21-14-10-15-22-27)28-23-16-11-17-24-28;/h9-17,19-24H,2-8,18,25H2,1H3;1H/q+1;/p-1. The lowest BCUT2D eigenvalue weighted by atomic mass is 10.0. The van der Waals surface area contributed by atoms with Gasteiger partial charge in [0.25, 0.3) is 0 Å². The van der Waals surface area contributed by atoms with Gasteiger partial charge in [-0.25, -0.2) is 4.48 Å². The summed E-state index contributed by atoms with van der Waals surface area (Å²) < 4.78 is 0.790. The molecule has 160 valence electrons. The second kappa shape index (κ2) is 13.4. The Hall–Kier alpha value is -1.90. The Morgan fingerprint density at radius 1 is 0.467 bits per heavy atom. The minimum atomic E-state index is 0. The van der Waals surface area contributed by atoms with Gasteiger partial charge in [0.1, 0.15) is 17.1 Å². The zero-order valence-electron chi connectivity index (χ0n) is 18.3. The van der Waals surface area contributed by atoms with Crippen molar-refractivity contribution in [1.29, 1.82) is 0 Å². The number of rotatable bonds is 12. The first-order valence-electron chi connectivity index (χ1n) is 11.4. The Balaban J connectivity index is 0.00000320. The monoisotopic (exact) mass is 465 g/mol. The zero-order chi connectivity index (χ0) is 20.2. The molecule has 0 N–H and O–H groups in total. The normalized spacial score (nSPS) is 11.1. The molecule has 0 atom stereocenters. The first-order chi connectivity index (χ1) is 14.4. The maximum atomic E-state index is 2.29. The van der Waals surface area contributed by atoms with Crippen LogP contribution in [0.3, 0.4) is 0 Å². The maximum absolute atomic E-state index is 2.29. The molecule has 0 unspecified atom stereocenters. The summed E-state index contributed by atoms with van der Waals surface area (Å²) in [7, 11) is 0. The lowest BCUT2D eigenvalue weighted by Gasteiger charge is -2.37. The number of para-hydroxylation sites is 3. The fourth-order valence-electron chi connectivity index (χ4n) is 4.36. The van der Waals surface area contributed by atoms with Gasteiger partial charge in [0, 0.05) is 0 Å². The fourth-order valence-corrected chi connectivity index (χ4v) is 4.36. The van der Waals surface area contributed by atoms with E-state index < -0.39 is 0 Å². The smallest absolute Gasteiger partial charge is 0.143 e. The quantitative estimate of drug-likeness (QED) is 0.234. The minimum Gasteiger partial charge on any atom is -1.00 e. The Labute approximate surface area is 194 Å². The van der Waals surface area contributed by atoms with Crippen LogP contribution in [0.5, 0.6) is 0 Å². The summed E-state index contributed by atoms with van der Waals surface area (Å²) in [5, 5.41) is 0. The number of nitrogens with zero attached hydrogens (tertiary/aromatic N) is 1. The minimum absolute atomic E-state index is 0. The summed E-state index contributed by atoms with van der Waals surface area (Å²) in [6.07, 6.45) is 10.8. The molecule has 2 heteroatoms. The summed E-state index contributed by atoms with van der Waals surface area (Å²) in [6.45, 7) is 3.38. The van der Waals surface area contributed by atoms with E-state index >= 15 is 0 Å². The summed E-state index contributed by atoms with van der Waals surface area (Å²) in [6, 6.07) is 33.1. The number of benzene rings is 3. The van der Waals surface area contributed by atoms with Crippen LogP contribution in [0.25, 0.3) is 0 Å².